The molecule has 10 heteroatoms. The standard InChI is InChI=1S/C21H17Cl2FN2O4S/c1-13-11-16(31(28,29)26-15-7-5-14(24)6-8-15)9-10-19(13)30-12-20(27)25-18-4-2-3-17(22)21(18)23/h2-11,26H,12H2,1H3,(H,25,27). The van der Waals surface area contributed by atoms with Crippen molar-refractivity contribution in [1.82, 2.24) is 0 Å². The van der Waals surface area contributed by atoms with Crippen molar-refractivity contribution in [3.05, 3.63) is 82.1 Å². The molecule has 0 aromatic heterocycles. The van der Waals surface area contributed by atoms with Crippen LogP contribution < -0.4 is 14.8 Å². The fraction of sp³-hybridized carbons (Fsp3) is 0.0952. The number of rotatable bonds is 7. The number of benzene rings is 3. The highest BCUT2D eigenvalue weighted by Crippen LogP contribution is 2.29. The molecule has 0 bridgehead atoms. The number of hydrogen-bond acceptors (Lipinski definition) is 4. The second-order valence-corrected chi connectivity index (χ2v) is 8.95. The number of aryl methyl sites for hydroxylation is 1. The Morgan fingerprint density at radius 2 is 1.77 bits per heavy atom. The highest BCUT2D eigenvalue weighted by atomic mass is 35.5. The Labute approximate surface area is 189 Å². The van der Waals surface area contributed by atoms with Gasteiger partial charge in [-0.3, -0.25) is 9.52 Å². The first-order valence-electron chi connectivity index (χ1n) is 8.91. The normalized spacial score (nSPS) is 11.1. The van der Waals surface area contributed by atoms with E-state index >= 15 is 0 Å². The molecule has 31 heavy (non-hydrogen) atoms. The molecule has 0 spiro atoms. The number of anilines is 2. The molecule has 162 valence electrons. The van der Waals surface area contributed by atoms with E-state index in [1.165, 1.54) is 30.3 Å². The van der Waals surface area contributed by atoms with Crippen LogP contribution in [0.1, 0.15) is 5.56 Å². The second kappa shape index (κ2) is 9.55. The zero-order chi connectivity index (χ0) is 22.6. The maximum Gasteiger partial charge on any atom is 0.262 e. The predicted octanol–water partition coefficient (Wildman–Crippen LogP) is 5.26. The molecule has 0 unspecified atom stereocenters. The molecule has 1 amide bonds. The van der Waals surface area contributed by atoms with Gasteiger partial charge in [-0.2, -0.15) is 0 Å². The van der Waals surface area contributed by atoms with E-state index in [-0.39, 0.29) is 22.2 Å². The van der Waals surface area contributed by atoms with Crippen LogP contribution in [0, 0.1) is 12.7 Å². The monoisotopic (exact) mass is 482 g/mol. The van der Waals surface area contributed by atoms with Gasteiger partial charge in [-0.15, -0.1) is 0 Å². The Balaban J connectivity index is 1.65. The summed E-state index contributed by atoms with van der Waals surface area (Å²) in [6, 6.07) is 14.0. The molecule has 0 saturated carbocycles. The minimum Gasteiger partial charge on any atom is -0.483 e. The number of halogens is 3. The third-order valence-corrected chi connectivity index (χ3v) is 6.34. The minimum absolute atomic E-state index is 0.00293. The van der Waals surface area contributed by atoms with E-state index < -0.39 is 21.7 Å². The number of sulfonamides is 1. The molecule has 0 fully saturated rings. The van der Waals surface area contributed by atoms with E-state index in [1.54, 1.807) is 25.1 Å². The van der Waals surface area contributed by atoms with Crippen molar-refractivity contribution in [2.75, 3.05) is 16.6 Å². The summed E-state index contributed by atoms with van der Waals surface area (Å²) in [4.78, 5) is 12.1. The Bertz CT molecular complexity index is 1220. The smallest absolute Gasteiger partial charge is 0.262 e. The van der Waals surface area contributed by atoms with Gasteiger partial charge in [-0.05, 0) is 67.1 Å². The summed E-state index contributed by atoms with van der Waals surface area (Å²) in [5.74, 6) is -0.590. The minimum atomic E-state index is -3.88. The molecule has 0 aliphatic carbocycles. The molecule has 0 aliphatic heterocycles. The van der Waals surface area contributed by atoms with Crippen molar-refractivity contribution < 1.29 is 22.3 Å². The number of amides is 1. The number of carbonyl (C=O) groups is 1. The summed E-state index contributed by atoms with van der Waals surface area (Å²) >= 11 is 12.0. The first-order valence-corrected chi connectivity index (χ1v) is 11.2. The SMILES string of the molecule is Cc1cc(S(=O)(=O)Nc2ccc(F)cc2)ccc1OCC(=O)Nc1cccc(Cl)c1Cl. The zero-order valence-electron chi connectivity index (χ0n) is 16.2. The van der Waals surface area contributed by atoms with Crippen LogP contribution in [0.2, 0.25) is 10.0 Å². The van der Waals surface area contributed by atoms with Crippen LogP contribution in [0.3, 0.4) is 0 Å². The van der Waals surface area contributed by atoms with Crippen LogP contribution >= 0.6 is 23.2 Å². The number of nitrogens with one attached hydrogen (secondary N) is 2. The van der Waals surface area contributed by atoms with Gasteiger partial charge < -0.3 is 10.1 Å². The molecule has 3 aromatic rings. The van der Waals surface area contributed by atoms with Gasteiger partial charge in [0.2, 0.25) is 0 Å². The Kier molecular flexibility index (Phi) is 7.04. The van der Waals surface area contributed by atoms with Crippen molar-refractivity contribution in [1.29, 1.82) is 0 Å². The first kappa shape index (κ1) is 22.9. The third kappa shape index (κ3) is 5.88. The average molecular weight is 483 g/mol. The van der Waals surface area contributed by atoms with Crippen LogP contribution in [0.15, 0.2) is 65.6 Å². The van der Waals surface area contributed by atoms with Crippen LogP contribution in [0.5, 0.6) is 5.75 Å². The molecule has 0 radical (unpaired) electrons. The van der Waals surface area contributed by atoms with Gasteiger partial charge in [0.1, 0.15) is 11.6 Å². The molecular weight excluding hydrogens is 466 g/mol. The van der Waals surface area contributed by atoms with Crippen LogP contribution in [0.25, 0.3) is 0 Å². The van der Waals surface area contributed by atoms with Crippen LogP contribution in [0.4, 0.5) is 15.8 Å². The van der Waals surface area contributed by atoms with Crippen molar-refractivity contribution in [2.45, 2.75) is 11.8 Å². The van der Waals surface area contributed by atoms with Gasteiger partial charge in [0, 0.05) is 5.69 Å². The fourth-order valence-corrected chi connectivity index (χ4v) is 4.10. The lowest BCUT2D eigenvalue weighted by Crippen LogP contribution is -2.20. The molecular formula is C21H17Cl2FN2O4S. The quantitative estimate of drug-likeness (QED) is 0.480. The van der Waals surface area contributed by atoms with Gasteiger partial charge in [0.05, 0.1) is 20.6 Å². The summed E-state index contributed by atoms with van der Waals surface area (Å²) < 4.78 is 46.0. The summed E-state index contributed by atoms with van der Waals surface area (Å²) in [5.41, 5.74) is 1.10. The summed E-state index contributed by atoms with van der Waals surface area (Å²) in [5, 5.41) is 3.12. The average Bonchev–Trinajstić information content (AvgIpc) is 2.72. The topological polar surface area (TPSA) is 84.5 Å². The van der Waals surface area contributed by atoms with E-state index in [1.807, 2.05) is 0 Å². The number of carbonyl (C=O) groups excluding carboxylic acids is 1. The lowest BCUT2D eigenvalue weighted by molar-refractivity contribution is -0.118. The summed E-state index contributed by atoms with van der Waals surface area (Å²) in [7, 11) is -3.88. The van der Waals surface area contributed by atoms with Gasteiger partial charge >= 0.3 is 0 Å². The fourth-order valence-electron chi connectivity index (χ4n) is 2.61. The van der Waals surface area contributed by atoms with Gasteiger partial charge in [-0.1, -0.05) is 29.3 Å². The largest absolute Gasteiger partial charge is 0.483 e. The third-order valence-electron chi connectivity index (χ3n) is 4.14. The summed E-state index contributed by atoms with van der Waals surface area (Å²) in [6.45, 7) is 1.33. The van der Waals surface area contributed by atoms with Crippen molar-refractivity contribution in [3.63, 3.8) is 0 Å². The summed E-state index contributed by atoms with van der Waals surface area (Å²) in [6.07, 6.45) is 0. The molecule has 0 saturated heterocycles. The van der Waals surface area contributed by atoms with Crippen molar-refractivity contribution in [2.24, 2.45) is 0 Å². The van der Waals surface area contributed by atoms with E-state index in [9.17, 15) is 17.6 Å². The van der Waals surface area contributed by atoms with E-state index in [2.05, 4.69) is 10.0 Å². The Morgan fingerprint density at radius 3 is 2.45 bits per heavy atom. The number of hydrogen-bond donors (Lipinski definition) is 2. The van der Waals surface area contributed by atoms with Crippen molar-refractivity contribution >= 4 is 50.5 Å². The van der Waals surface area contributed by atoms with E-state index in [0.717, 1.165) is 12.1 Å². The maximum atomic E-state index is 13.0. The van der Waals surface area contributed by atoms with Gasteiger partial charge in [-0.25, -0.2) is 12.8 Å². The molecule has 2 N–H and O–H groups in total. The van der Waals surface area contributed by atoms with E-state index in [0.29, 0.717) is 22.0 Å². The van der Waals surface area contributed by atoms with Gasteiger partial charge in [0.25, 0.3) is 15.9 Å². The lowest BCUT2D eigenvalue weighted by Gasteiger charge is -2.13. The molecule has 0 aliphatic rings. The second-order valence-electron chi connectivity index (χ2n) is 6.48. The molecule has 0 heterocycles. The first-order chi connectivity index (χ1) is 14.7. The molecule has 6 nitrogen and oxygen atoms in total. The predicted molar refractivity (Wildman–Crippen MR) is 119 cm³/mol. The van der Waals surface area contributed by atoms with Crippen LogP contribution in [-0.2, 0) is 14.8 Å². The molecule has 3 aromatic carbocycles. The maximum absolute atomic E-state index is 13.0. The molecule has 3 rings (SSSR count). The zero-order valence-corrected chi connectivity index (χ0v) is 18.5. The highest BCUT2D eigenvalue weighted by molar-refractivity contribution is 7.92. The van der Waals surface area contributed by atoms with E-state index in [4.69, 9.17) is 27.9 Å². The lowest BCUT2D eigenvalue weighted by atomic mass is 10.2. The van der Waals surface area contributed by atoms with Crippen molar-refractivity contribution in [3.8, 4) is 5.75 Å². The van der Waals surface area contributed by atoms with Gasteiger partial charge in [0.15, 0.2) is 6.61 Å². The molecule has 0 atom stereocenters. The highest BCUT2D eigenvalue weighted by Gasteiger charge is 2.16. The number of ether oxygens (including phenoxy) is 1. The van der Waals surface area contributed by atoms with Crippen LogP contribution in [-0.4, -0.2) is 20.9 Å². The Morgan fingerprint density at radius 1 is 1.06 bits per heavy atom. The Hall–Kier alpha value is -2.81.